The number of hydrogen-bond donors (Lipinski definition) is 1. The summed E-state index contributed by atoms with van der Waals surface area (Å²) in [4.78, 5) is 4.56. The van der Waals surface area contributed by atoms with Gasteiger partial charge in [0.2, 0.25) is 0 Å². The van der Waals surface area contributed by atoms with Crippen molar-refractivity contribution >= 4 is 22.0 Å². The van der Waals surface area contributed by atoms with Gasteiger partial charge in [0, 0.05) is 28.8 Å². The fourth-order valence-electron chi connectivity index (χ4n) is 3.61. The lowest BCUT2D eigenvalue weighted by Crippen LogP contribution is -2.37. The summed E-state index contributed by atoms with van der Waals surface area (Å²) in [6, 6.07) is 21.6. The summed E-state index contributed by atoms with van der Waals surface area (Å²) in [6.07, 6.45) is 1.79. The molecule has 0 fully saturated rings. The van der Waals surface area contributed by atoms with Gasteiger partial charge < -0.3 is 4.52 Å². The summed E-state index contributed by atoms with van der Waals surface area (Å²) in [6.45, 7) is 8.01. The minimum atomic E-state index is -1.27. The van der Waals surface area contributed by atoms with Crippen LogP contribution in [-0.4, -0.2) is 19.1 Å². The Morgan fingerprint density at radius 2 is 1.68 bits per heavy atom. The van der Waals surface area contributed by atoms with E-state index in [-0.39, 0.29) is 12.0 Å². The smallest absolute Gasteiger partial charge is 0.167 e. The van der Waals surface area contributed by atoms with E-state index in [0.717, 1.165) is 33.5 Å². The third-order valence-corrected chi connectivity index (χ3v) is 6.95. The Balaban J connectivity index is 1.85. The number of para-hydroxylation sites is 1. The Morgan fingerprint density at radius 1 is 0.968 bits per heavy atom. The van der Waals surface area contributed by atoms with Gasteiger partial charge in [-0.1, -0.05) is 54.5 Å². The van der Waals surface area contributed by atoms with Crippen LogP contribution in [0.15, 0.2) is 77.4 Å². The van der Waals surface area contributed by atoms with E-state index in [9.17, 15) is 4.21 Å². The van der Waals surface area contributed by atoms with Crippen molar-refractivity contribution in [2.24, 2.45) is 0 Å². The van der Waals surface area contributed by atoms with Gasteiger partial charge in [0.05, 0.1) is 21.8 Å². The zero-order valence-electron chi connectivity index (χ0n) is 18.2. The van der Waals surface area contributed by atoms with Crippen molar-refractivity contribution < 1.29 is 8.73 Å². The molecule has 5 nitrogen and oxygen atoms in total. The molecule has 0 spiro atoms. The Labute approximate surface area is 185 Å². The molecule has 0 aliphatic carbocycles. The Bertz CT molecular complexity index is 1200. The van der Waals surface area contributed by atoms with Gasteiger partial charge in [0.15, 0.2) is 5.58 Å². The molecule has 160 valence electrons. The number of rotatable bonds is 6. The van der Waals surface area contributed by atoms with E-state index >= 15 is 0 Å². The number of nitrogens with zero attached hydrogens (tertiary/aromatic N) is 2. The molecule has 1 N–H and O–H groups in total. The quantitative estimate of drug-likeness (QED) is 0.418. The van der Waals surface area contributed by atoms with Gasteiger partial charge in [-0.2, -0.15) is 0 Å². The predicted molar refractivity (Wildman–Crippen MR) is 126 cm³/mol. The normalized spacial score (nSPS) is 15.0. The molecule has 3 atom stereocenters. The van der Waals surface area contributed by atoms with E-state index in [1.165, 1.54) is 0 Å². The Kier molecular flexibility index (Phi) is 6.03. The van der Waals surface area contributed by atoms with Gasteiger partial charge >= 0.3 is 0 Å². The highest BCUT2D eigenvalue weighted by Gasteiger charge is 2.30. The van der Waals surface area contributed by atoms with Crippen LogP contribution in [0.3, 0.4) is 0 Å². The van der Waals surface area contributed by atoms with E-state index in [0.29, 0.717) is 0 Å². The third kappa shape index (κ3) is 4.45. The highest BCUT2D eigenvalue weighted by molar-refractivity contribution is 7.84. The molecule has 0 bridgehead atoms. The van der Waals surface area contributed by atoms with Crippen molar-refractivity contribution in [1.29, 1.82) is 0 Å². The standard InChI is InChI=1S/C25H27N3O2S/c1-17(21-14-9-10-16-26-21)23(28-31(29)25(2,3)4)18-11-5-6-12-19(18)24-20-13-7-8-15-22(20)30-27-24/h5-17,23,28H,1-4H3. The lowest BCUT2D eigenvalue weighted by atomic mass is 9.88. The maximum absolute atomic E-state index is 13.1. The first-order valence-corrected chi connectivity index (χ1v) is 11.5. The molecule has 0 amide bonds. The molecule has 6 heteroatoms. The van der Waals surface area contributed by atoms with Crippen molar-refractivity contribution in [3.05, 3.63) is 84.2 Å². The molecule has 3 unspecified atom stereocenters. The number of benzene rings is 2. The molecule has 0 aliphatic rings. The average Bonchev–Trinajstić information content (AvgIpc) is 3.21. The highest BCUT2D eigenvalue weighted by Crippen LogP contribution is 2.38. The van der Waals surface area contributed by atoms with Crippen LogP contribution in [0.1, 0.15) is 50.9 Å². The van der Waals surface area contributed by atoms with Crippen LogP contribution in [0.2, 0.25) is 0 Å². The molecule has 0 saturated carbocycles. The van der Waals surface area contributed by atoms with Gasteiger partial charge in [0.1, 0.15) is 5.69 Å². The minimum Gasteiger partial charge on any atom is -0.356 e. The molecular formula is C25H27N3O2S. The van der Waals surface area contributed by atoms with Crippen LogP contribution in [0.25, 0.3) is 22.2 Å². The monoisotopic (exact) mass is 433 g/mol. The molecule has 2 aromatic heterocycles. The molecule has 0 radical (unpaired) electrons. The molecule has 31 heavy (non-hydrogen) atoms. The second-order valence-electron chi connectivity index (χ2n) is 8.63. The largest absolute Gasteiger partial charge is 0.356 e. The average molecular weight is 434 g/mol. The van der Waals surface area contributed by atoms with E-state index in [1.54, 1.807) is 6.20 Å². The van der Waals surface area contributed by atoms with E-state index < -0.39 is 15.7 Å². The SMILES string of the molecule is CC(c1ccccn1)C(NS(=O)C(C)(C)C)c1ccccc1-c1noc2ccccc12. The topological polar surface area (TPSA) is 68.0 Å². The van der Waals surface area contributed by atoms with Crippen molar-refractivity contribution in [2.75, 3.05) is 0 Å². The van der Waals surface area contributed by atoms with Gasteiger partial charge in [-0.3, -0.25) is 4.98 Å². The second kappa shape index (κ2) is 8.73. The van der Waals surface area contributed by atoms with Crippen molar-refractivity contribution in [1.82, 2.24) is 14.9 Å². The first-order valence-electron chi connectivity index (χ1n) is 10.4. The van der Waals surface area contributed by atoms with Gasteiger partial charge in [-0.25, -0.2) is 8.93 Å². The molecule has 2 heterocycles. The molecule has 4 aromatic rings. The molecule has 0 aliphatic heterocycles. The van der Waals surface area contributed by atoms with Gasteiger partial charge in [-0.15, -0.1) is 0 Å². The zero-order valence-corrected chi connectivity index (χ0v) is 19.0. The summed E-state index contributed by atoms with van der Waals surface area (Å²) in [5.41, 5.74) is 4.43. The number of nitrogens with one attached hydrogen (secondary N) is 1. The lowest BCUT2D eigenvalue weighted by molar-refractivity contribution is 0.459. The summed E-state index contributed by atoms with van der Waals surface area (Å²) >= 11 is 0. The van der Waals surface area contributed by atoms with Crippen LogP contribution in [0.4, 0.5) is 0 Å². The number of hydrogen-bond acceptors (Lipinski definition) is 4. The zero-order chi connectivity index (χ0) is 22.0. The molecular weight excluding hydrogens is 406 g/mol. The fraction of sp³-hybridized carbons (Fsp3) is 0.280. The predicted octanol–water partition coefficient (Wildman–Crippen LogP) is 5.79. The maximum Gasteiger partial charge on any atom is 0.167 e. The summed E-state index contributed by atoms with van der Waals surface area (Å²) in [5, 5.41) is 5.33. The Morgan fingerprint density at radius 3 is 2.42 bits per heavy atom. The fourth-order valence-corrected chi connectivity index (χ4v) is 4.52. The minimum absolute atomic E-state index is 0.0215. The van der Waals surface area contributed by atoms with Gasteiger partial charge in [-0.05, 0) is 50.6 Å². The Hall–Kier alpha value is -2.83. The second-order valence-corrected chi connectivity index (χ2v) is 10.6. The van der Waals surface area contributed by atoms with Crippen LogP contribution in [0, 0.1) is 0 Å². The van der Waals surface area contributed by atoms with E-state index in [4.69, 9.17) is 4.52 Å². The van der Waals surface area contributed by atoms with Crippen LogP contribution in [0.5, 0.6) is 0 Å². The van der Waals surface area contributed by atoms with Crippen molar-refractivity contribution in [2.45, 2.75) is 44.4 Å². The summed E-state index contributed by atoms with van der Waals surface area (Å²) in [7, 11) is -1.27. The third-order valence-electron chi connectivity index (χ3n) is 5.37. The van der Waals surface area contributed by atoms with E-state index in [1.807, 2.05) is 81.4 Å². The summed E-state index contributed by atoms with van der Waals surface area (Å²) in [5.74, 6) is -0.0215. The van der Waals surface area contributed by atoms with E-state index in [2.05, 4.69) is 27.9 Å². The van der Waals surface area contributed by atoms with Gasteiger partial charge in [0.25, 0.3) is 0 Å². The maximum atomic E-state index is 13.1. The van der Waals surface area contributed by atoms with Crippen LogP contribution in [-0.2, 0) is 11.0 Å². The number of aromatic nitrogens is 2. The van der Waals surface area contributed by atoms with Crippen molar-refractivity contribution in [3.8, 4) is 11.3 Å². The molecule has 4 rings (SSSR count). The number of pyridine rings is 1. The van der Waals surface area contributed by atoms with Crippen LogP contribution >= 0.6 is 0 Å². The highest BCUT2D eigenvalue weighted by atomic mass is 32.2. The first-order chi connectivity index (χ1) is 14.9. The molecule has 0 saturated heterocycles. The summed E-state index contributed by atoms with van der Waals surface area (Å²) < 4.78 is 21.7. The molecule has 2 aromatic carbocycles. The first kappa shape index (κ1) is 21.4. The van der Waals surface area contributed by atoms with Crippen LogP contribution < -0.4 is 4.72 Å². The van der Waals surface area contributed by atoms with Crippen molar-refractivity contribution in [3.63, 3.8) is 0 Å². The lowest BCUT2D eigenvalue weighted by Gasteiger charge is -2.29. The number of fused-ring (bicyclic) bond motifs is 1.